The van der Waals surface area contributed by atoms with Gasteiger partial charge in [0, 0.05) is 11.8 Å². The van der Waals surface area contributed by atoms with Gasteiger partial charge in [0.05, 0.1) is 26.2 Å². The van der Waals surface area contributed by atoms with Crippen LogP contribution < -0.4 is 10.1 Å². The lowest BCUT2D eigenvalue weighted by Gasteiger charge is -2.10. The fraction of sp³-hybridized carbons (Fsp3) is 0.286. The van der Waals surface area contributed by atoms with Crippen LogP contribution in [0.1, 0.15) is 0 Å². The lowest BCUT2D eigenvalue weighted by molar-refractivity contribution is -0.138. The smallest absolute Gasteiger partial charge is 0.354 e. The van der Waals surface area contributed by atoms with Crippen LogP contribution in [0.15, 0.2) is 36.0 Å². The van der Waals surface area contributed by atoms with E-state index in [2.05, 4.69) is 14.8 Å². The van der Waals surface area contributed by atoms with Crippen LogP contribution in [0.4, 0.5) is 5.69 Å². The van der Waals surface area contributed by atoms with Crippen molar-refractivity contribution in [1.29, 1.82) is 0 Å². The van der Waals surface area contributed by atoms with Gasteiger partial charge in [0.15, 0.2) is 0 Å². The molecular formula is C14H16ClNO5. The molecule has 6 nitrogen and oxygen atoms in total. The number of alkyl halides is 1. The largest absolute Gasteiger partial charge is 0.492 e. The van der Waals surface area contributed by atoms with Crippen molar-refractivity contribution in [1.82, 2.24) is 0 Å². The fourth-order valence-corrected chi connectivity index (χ4v) is 1.49. The van der Waals surface area contributed by atoms with E-state index in [1.807, 2.05) is 0 Å². The number of rotatable bonds is 7. The second-order valence-corrected chi connectivity index (χ2v) is 4.14. The van der Waals surface area contributed by atoms with E-state index in [1.54, 1.807) is 24.3 Å². The maximum absolute atomic E-state index is 11.6. The lowest BCUT2D eigenvalue weighted by atomic mass is 10.2. The summed E-state index contributed by atoms with van der Waals surface area (Å²) in [6, 6.07) is 6.86. The minimum absolute atomic E-state index is 0.0427. The summed E-state index contributed by atoms with van der Waals surface area (Å²) in [5.74, 6) is -0.402. The molecular weight excluding hydrogens is 298 g/mol. The molecule has 0 aliphatic heterocycles. The van der Waals surface area contributed by atoms with E-state index in [4.69, 9.17) is 16.3 Å². The van der Waals surface area contributed by atoms with E-state index in [0.29, 0.717) is 23.9 Å². The second-order valence-electron chi connectivity index (χ2n) is 3.76. The van der Waals surface area contributed by atoms with E-state index >= 15 is 0 Å². The van der Waals surface area contributed by atoms with Crippen LogP contribution in [-0.2, 0) is 19.1 Å². The average Bonchev–Trinajstić information content (AvgIpc) is 2.51. The third kappa shape index (κ3) is 5.74. The predicted octanol–water partition coefficient (Wildman–Crippen LogP) is 1.95. The number of esters is 2. The van der Waals surface area contributed by atoms with Gasteiger partial charge in [-0.25, -0.2) is 9.59 Å². The quantitative estimate of drug-likeness (QED) is 0.471. The minimum Gasteiger partial charge on any atom is -0.492 e. The Morgan fingerprint density at radius 2 is 2.05 bits per heavy atom. The zero-order valence-electron chi connectivity index (χ0n) is 11.7. The third-order valence-electron chi connectivity index (χ3n) is 2.33. The molecule has 0 spiro atoms. The van der Waals surface area contributed by atoms with Crippen LogP contribution in [0.5, 0.6) is 5.75 Å². The molecule has 0 radical (unpaired) electrons. The van der Waals surface area contributed by atoms with Gasteiger partial charge >= 0.3 is 11.9 Å². The summed E-state index contributed by atoms with van der Waals surface area (Å²) in [7, 11) is 2.43. The van der Waals surface area contributed by atoms with E-state index in [0.717, 1.165) is 6.08 Å². The Balaban J connectivity index is 2.90. The van der Waals surface area contributed by atoms with Gasteiger partial charge in [0.25, 0.3) is 0 Å². The zero-order valence-corrected chi connectivity index (χ0v) is 12.5. The molecule has 114 valence electrons. The van der Waals surface area contributed by atoms with Gasteiger partial charge in [-0.2, -0.15) is 0 Å². The Kier molecular flexibility index (Phi) is 7.11. The molecule has 0 aromatic heterocycles. The summed E-state index contributed by atoms with van der Waals surface area (Å²) < 4.78 is 14.5. The maximum atomic E-state index is 11.6. The average molecular weight is 314 g/mol. The second kappa shape index (κ2) is 8.86. The molecule has 21 heavy (non-hydrogen) atoms. The molecule has 0 aliphatic rings. The van der Waals surface area contributed by atoms with Crippen molar-refractivity contribution in [2.24, 2.45) is 0 Å². The third-order valence-corrected chi connectivity index (χ3v) is 2.48. The molecule has 0 fully saturated rings. The Labute approximate surface area is 127 Å². The molecule has 0 saturated carbocycles. The summed E-state index contributed by atoms with van der Waals surface area (Å²) >= 11 is 5.55. The number of hydrogen-bond donors (Lipinski definition) is 1. The van der Waals surface area contributed by atoms with Gasteiger partial charge in [-0.3, -0.25) is 0 Å². The Morgan fingerprint density at radius 3 is 2.67 bits per heavy atom. The highest BCUT2D eigenvalue weighted by Gasteiger charge is 2.13. The standard InChI is InChI=1S/C14H16ClNO5/c1-19-13(17)9-12(14(18)20-2)16-10-4-3-5-11(8-10)21-7-6-15/h3-5,8-9,16H,6-7H2,1-2H3/b12-9+. The highest BCUT2D eigenvalue weighted by Crippen LogP contribution is 2.19. The monoisotopic (exact) mass is 313 g/mol. The molecule has 0 atom stereocenters. The molecule has 1 aromatic carbocycles. The van der Waals surface area contributed by atoms with Crippen molar-refractivity contribution < 1.29 is 23.8 Å². The number of anilines is 1. The van der Waals surface area contributed by atoms with Crippen molar-refractivity contribution in [2.75, 3.05) is 32.0 Å². The molecule has 0 unspecified atom stereocenters. The number of halogens is 1. The molecule has 1 aromatic rings. The molecule has 0 heterocycles. The molecule has 1 rings (SSSR count). The molecule has 1 N–H and O–H groups in total. The maximum Gasteiger partial charge on any atom is 0.354 e. The van der Waals surface area contributed by atoms with Crippen LogP contribution in [0.3, 0.4) is 0 Å². The van der Waals surface area contributed by atoms with Crippen LogP contribution in [0, 0.1) is 0 Å². The van der Waals surface area contributed by atoms with E-state index < -0.39 is 11.9 Å². The summed E-state index contributed by atoms with van der Waals surface area (Å²) in [6.45, 7) is 0.368. The summed E-state index contributed by atoms with van der Waals surface area (Å²) in [5, 5.41) is 2.78. The predicted molar refractivity (Wildman–Crippen MR) is 78.4 cm³/mol. The van der Waals surface area contributed by atoms with Crippen LogP contribution in [0.25, 0.3) is 0 Å². The molecule has 0 saturated heterocycles. The van der Waals surface area contributed by atoms with Crippen molar-refractivity contribution in [3.8, 4) is 5.75 Å². The van der Waals surface area contributed by atoms with Crippen molar-refractivity contribution in [3.05, 3.63) is 36.0 Å². The van der Waals surface area contributed by atoms with Crippen LogP contribution >= 0.6 is 11.6 Å². The molecule has 0 amide bonds. The topological polar surface area (TPSA) is 73.9 Å². The van der Waals surface area contributed by atoms with E-state index in [9.17, 15) is 9.59 Å². The Bertz CT molecular complexity index is 530. The van der Waals surface area contributed by atoms with Crippen LogP contribution in [0.2, 0.25) is 0 Å². The normalized spacial score (nSPS) is 10.7. The fourth-order valence-electron chi connectivity index (χ4n) is 1.41. The van der Waals surface area contributed by atoms with Crippen molar-refractivity contribution in [2.45, 2.75) is 0 Å². The van der Waals surface area contributed by atoms with Gasteiger partial charge in [-0.15, -0.1) is 11.6 Å². The van der Waals surface area contributed by atoms with Crippen LogP contribution in [-0.4, -0.2) is 38.6 Å². The Morgan fingerprint density at radius 1 is 1.29 bits per heavy atom. The number of carbonyl (C=O) groups excluding carboxylic acids is 2. The molecule has 0 bridgehead atoms. The number of nitrogens with one attached hydrogen (secondary N) is 1. The van der Waals surface area contributed by atoms with E-state index in [1.165, 1.54) is 14.2 Å². The highest BCUT2D eigenvalue weighted by atomic mass is 35.5. The first-order valence-corrected chi connectivity index (χ1v) is 6.58. The first kappa shape index (κ1) is 16.8. The van der Waals surface area contributed by atoms with Gasteiger partial charge < -0.3 is 19.5 Å². The SMILES string of the molecule is COC(=O)/C=C(/Nc1cccc(OCCCl)c1)C(=O)OC. The summed E-state index contributed by atoms with van der Waals surface area (Å²) in [5.41, 5.74) is 0.515. The number of methoxy groups -OCH3 is 2. The highest BCUT2D eigenvalue weighted by molar-refractivity contribution is 6.18. The van der Waals surface area contributed by atoms with E-state index in [-0.39, 0.29) is 5.70 Å². The zero-order chi connectivity index (χ0) is 15.7. The molecule has 7 heteroatoms. The number of carbonyl (C=O) groups is 2. The van der Waals surface area contributed by atoms with Gasteiger partial charge in [0.1, 0.15) is 18.1 Å². The summed E-state index contributed by atoms with van der Waals surface area (Å²) in [6.07, 6.45) is 1.01. The number of benzene rings is 1. The van der Waals surface area contributed by atoms with Gasteiger partial charge in [-0.1, -0.05) is 6.07 Å². The minimum atomic E-state index is -0.688. The summed E-state index contributed by atoms with van der Waals surface area (Å²) in [4.78, 5) is 22.9. The number of hydrogen-bond acceptors (Lipinski definition) is 6. The van der Waals surface area contributed by atoms with Gasteiger partial charge in [0.2, 0.25) is 0 Å². The van der Waals surface area contributed by atoms with Crippen molar-refractivity contribution >= 4 is 29.2 Å². The molecule has 0 aliphatic carbocycles. The first-order chi connectivity index (χ1) is 10.1. The van der Waals surface area contributed by atoms with Gasteiger partial charge in [-0.05, 0) is 12.1 Å². The first-order valence-electron chi connectivity index (χ1n) is 6.04. The lowest BCUT2D eigenvalue weighted by Crippen LogP contribution is -2.15. The number of ether oxygens (including phenoxy) is 3. The Hall–Kier alpha value is -2.21. The van der Waals surface area contributed by atoms with Crippen molar-refractivity contribution in [3.63, 3.8) is 0 Å².